The zero-order valence-electron chi connectivity index (χ0n) is 8.86. The van der Waals surface area contributed by atoms with E-state index in [-0.39, 0.29) is 12.4 Å². The lowest BCUT2D eigenvalue weighted by molar-refractivity contribution is -0.187. The average Bonchev–Trinajstić information content (AvgIpc) is 2.23. The number of ketones is 1. The van der Waals surface area contributed by atoms with E-state index in [2.05, 4.69) is 17.2 Å². The molecule has 1 heterocycles. The Morgan fingerprint density at radius 1 is 1.60 bits per heavy atom. The standard InChI is InChI=1S/C10H17NO4/c1-2-3-4-5-8(13)7(6-12)9-10(14)15-11-9/h7,9,11-12H,2-6H2,1H3. The van der Waals surface area contributed by atoms with Gasteiger partial charge in [0.1, 0.15) is 5.78 Å². The quantitative estimate of drug-likeness (QED) is 0.592. The number of rotatable bonds is 7. The minimum atomic E-state index is -0.650. The Kier molecular flexibility index (Phi) is 4.71. The first kappa shape index (κ1) is 12.1. The first-order valence-corrected chi connectivity index (χ1v) is 5.30. The molecule has 1 aliphatic heterocycles. The molecule has 15 heavy (non-hydrogen) atoms. The minimum Gasteiger partial charge on any atom is -0.396 e. The third-order valence-electron chi connectivity index (χ3n) is 2.58. The predicted octanol–water partition coefficient (Wildman–Crippen LogP) is 0.174. The third-order valence-corrected chi connectivity index (χ3v) is 2.58. The molecule has 1 fully saturated rings. The molecule has 5 heteroatoms. The molecular weight excluding hydrogens is 198 g/mol. The summed E-state index contributed by atoms with van der Waals surface area (Å²) >= 11 is 0. The van der Waals surface area contributed by atoms with Crippen molar-refractivity contribution < 1.29 is 19.5 Å². The van der Waals surface area contributed by atoms with Crippen LogP contribution in [0.15, 0.2) is 0 Å². The van der Waals surface area contributed by atoms with Gasteiger partial charge < -0.3 is 9.94 Å². The normalized spacial score (nSPS) is 21.7. The van der Waals surface area contributed by atoms with Gasteiger partial charge in [-0.2, -0.15) is 0 Å². The summed E-state index contributed by atoms with van der Waals surface area (Å²) in [6.07, 6.45) is 3.27. The summed E-state index contributed by atoms with van der Waals surface area (Å²) in [5.74, 6) is -1.18. The van der Waals surface area contributed by atoms with Crippen LogP contribution in [0.5, 0.6) is 0 Å². The molecule has 1 aliphatic rings. The second-order valence-corrected chi connectivity index (χ2v) is 3.73. The molecule has 5 nitrogen and oxygen atoms in total. The van der Waals surface area contributed by atoms with Crippen LogP contribution < -0.4 is 5.48 Å². The molecule has 0 bridgehead atoms. The van der Waals surface area contributed by atoms with Gasteiger partial charge in [0.05, 0.1) is 12.5 Å². The van der Waals surface area contributed by atoms with Gasteiger partial charge in [0.2, 0.25) is 0 Å². The maximum Gasteiger partial charge on any atom is 0.346 e. The lowest BCUT2D eigenvalue weighted by atomic mass is 9.92. The van der Waals surface area contributed by atoms with Crippen LogP contribution >= 0.6 is 0 Å². The van der Waals surface area contributed by atoms with Gasteiger partial charge >= 0.3 is 5.97 Å². The van der Waals surface area contributed by atoms with Gasteiger partial charge in [-0.15, -0.1) is 5.48 Å². The second-order valence-electron chi connectivity index (χ2n) is 3.73. The Morgan fingerprint density at radius 3 is 2.73 bits per heavy atom. The Balaban J connectivity index is 2.36. The second kappa shape index (κ2) is 5.82. The van der Waals surface area contributed by atoms with Gasteiger partial charge in [0.25, 0.3) is 0 Å². The van der Waals surface area contributed by atoms with Crippen molar-refractivity contribution in [1.29, 1.82) is 0 Å². The highest BCUT2D eigenvalue weighted by Crippen LogP contribution is 2.16. The van der Waals surface area contributed by atoms with Crippen molar-refractivity contribution in [2.75, 3.05) is 6.61 Å². The van der Waals surface area contributed by atoms with E-state index in [1.165, 1.54) is 0 Å². The highest BCUT2D eigenvalue weighted by atomic mass is 16.7. The summed E-state index contributed by atoms with van der Waals surface area (Å²) in [4.78, 5) is 26.9. The zero-order valence-corrected chi connectivity index (χ0v) is 8.86. The SMILES string of the molecule is CCCCCC(=O)C(CO)C1NOC1=O. The van der Waals surface area contributed by atoms with Crippen LogP contribution in [0.4, 0.5) is 0 Å². The average molecular weight is 215 g/mol. The number of hydroxylamine groups is 1. The summed E-state index contributed by atoms with van der Waals surface area (Å²) < 4.78 is 0. The van der Waals surface area contributed by atoms with Crippen LogP contribution in [0, 0.1) is 5.92 Å². The van der Waals surface area contributed by atoms with Gasteiger partial charge in [-0.3, -0.25) is 4.79 Å². The molecule has 2 atom stereocenters. The highest BCUT2D eigenvalue weighted by Gasteiger charge is 2.41. The van der Waals surface area contributed by atoms with Crippen LogP contribution in [0.2, 0.25) is 0 Å². The highest BCUT2D eigenvalue weighted by molar-refractivity contribution is 5.90. The molecule has 86 valence electrons. The van der Waals surface area contributed by atoms with Gasteiger partial charge in [-0.05, 0) is 6.42 Å². The monoisotopic (exact) mass is 215 g/mol. The molecule has 0 aromatic heterocycles. The van der Waals surface area contributed by atoms with Crippen molar-refractivity contribution in [2.45, 2.75) is 38.6 Å². The predicted molar refractivity (Wildman–Crippen MR) is 52.7 cm³/mol. The number of carbonyl (C=O) groups excluding carboxylic acids is 2. The number of aliphatic hydroxyl groups is 1. The maximum absolute atomic E-state index is 11.6. The Hall–Kier alpha value is -0.940. The topological polar surface area (TPSA) is 75.6 Å². The van der Waals surface area contributed by atoms with E-state index in [9.17, 15) is 9.59 Å². The van der Waals surface area contributed by atoms with Gasteiger partial charge in [-0.25, -0.2) is 4.79 Å². The number of Topliss-reactive ketones (excluding diaryl/α,β-unsaturated/α-hetero) is 1. The van der Waals surface area contributed by atoms with Crippen molar-refractivity contribution in [3.05, 3.63) is 0 Å². The molecule has 1 rings (SSSR count). The van der Waals surface area contributed by atoms with Gasteiger partial charge in [0.15, 0.2) is 6.04 Å². The van der Waals surface area contributed by atoms with E-state index in [0.717, 1.165) is 19.3 Å². The van der Waals surface area contributed by atoms with Crippen molar-refractivity contribution in [1.82, 2.24) is 5.48 Å². The molecule has 2 N–H and O–H groups in total. The lowest BCUT2D eigenvalue weighted by Gasteiger charge is -2.30. The van der Waals surface area contributed by atoms with E-state index in [1.54, 1.807) is 0 Å². The van der Waals surface area contributed by atoms with E-state index >= 15 is 0 Å². The van der Waals surface area contributed by atoms with Crippen LogP contribution in [-0.4, -0.2) is 29.5 Å². The largest absolute Gasteiger partial charge is 0.396 e. The molecule has 0 aromatic rings. The lowest BCUT2D eigenvalue weighted by Crippen LogP contribution is -2.58. The third kappa shape index (κ3) is 3.00. The molecule has 0 saturated carbocycles. The van der Waals surface area contributed by atoms with Crippen molar-refractivity contribution >= 4 is 11.8 Å². The molecule has 0 aromatic carbocycles. The summed E-state index contributed by atoms with van der Waals surface area (Å²) in [5, 5.41) is 9.04. The summed E-state index contributed by atoms with van der Waals surface area (Å²) in [5.41, 5.74) is 2.39. The van der Waals surface area contributed by atoms with E-state index in [1.807, 2.05) is 0 Å². The van der Waals surface area contributed by atoms with Crippen LogP contribution in [0.25, 0.3) is 0 Å². The number of unbranched alkanes of at least 4 members (excludes halogenated alkanes) is 2. The first-order valence-electron chi connectivity index (χ1n) is 5.30. The Morgan fingerprint density at radius 2 is 2.33 bits per heavy atom. The zero-order chi connectivity index (χ0) is 11.3. The van der Waals surface area contributed by atoms with Gasteiger partial charge in [-0.1, -0.05) is 19.8 Å². The van der Waals surface area contributed by atoms with Crippen molar-refractivity contribution in [3.8, 4) is 0 Å². The van der Waals surface area contributed by atoms with Crippen LogP contribution in [0.3, 0.4) is 0 Å². The van der Waals surface area contributed by atoms with Crippen LogP contribution in [0.1, 0.15) is 32.6 Å². The fraction of sp³-hybridized carbons (Fsp3) is 0.800. The number of aliphatic hydroxyl groups excluding tert-OH is 1. The summed E-state index contributed by atoms with van der Waals surface area (Å²) in [6, 6.07) is -0.649. The fourth-order valence-electron chi connectivity index (χ4n) is 1.55. The number of nitrogens with one attached hydrogen (secondary N) is 1. The molecular formula is C10H17NO4. The summed E-state index contributed by atoms with van der Waals surface area (Å²) in [6.45, 7) is 1.75. The number of carbonyl (C=O) groups is 2. The van der Waals surface area contributed by atoms with Crippen LogP contribution in [-0.2, 0) is 14.4 Å². The molecule has 2 unspecified atom stereocenters. The molecule has 0 aliphatic carbocycles. The van der Waals surface area contributed by atoms with Crippen molar-refractivity contribution in [2.24, 2.45) is 5.92 Å². The smallest absolute Gasteiger partial charge is 0.346 e. The van der Waals surface area contributed by atoms with E-state index in [0.29, 0.717) is 6.42 Å². The molecule has 0 amide bonds. The molecule has 1 saturated heterocycles. The summed E-state index contributed by atoms with van der Waals surface area (Å²) in [7, 11) is 0. The molecule has 0 spiro atoms. The van der Waals surface area contributed by atoms with E-state index < -0.39 is 17.9 Å². The first-order chi connectivity index (χ1) is 7.20. The fourth-order valence-corrected chi connectivity index (χ4v) is 1.55. The maximum atomic E-state index is 11.6. The van der Waals surface area contributed by atoms with Gasteiger partial charge in [0, 0.05) is 6.42 Å². The Bertz CT molecular complexity index is 242. The van der Waals surface area contributed by atoms with Crippen molar-refractivity contribution in [3.63, 3.8) is 0 Å². The number of hydrogen-bond acceptors (Lipinski definition) is 5. The molecule has 0 radical (unpaired) electrons. The minimum absolute atomic E-state index is 0.0694. The Labute approximate surface area is 88.8 Å². The number of hydrogen-bond donors (Lipinski definition) is 2. The van der Waals surface area contributed by atoms with E-state index in [4.69, 9.17) is 5.11 Å².